The second kappa shape index (κ2) is 7.26. The first-order chi connectivity index (χ1) is 10.9. The molecule has 3 atom stereocenters. The van der Waals surface area contributed by atoms with Crippen LogP contribution in [0, 0.1) is 11.8 Å². The molecule has 1 fully saturated rings. The molecule has 0 spiro atoms. The molecule has 6 nitrogen and oxygen atoms in total. The lowest BCUT2D eigenvalue weighted by atomic mass is 9.99. The van der Waals surface area contributed by atoms with Crippen LogP contribution in [0.4, 0.5) is 0 Å². The predicted octanol–water partition coefficient (Wildman–Crippen LogP) is 1.43. The van der Waals surface area contributed by atoms with Crippen LogP contribution in [-0.2, 0) is 14.4 Å². The minimum absolute atomic E-state index is 0.0626. The molecule has 1 saturated heterocycles. The number of hydrogen-bond acceptors (Lipinski definition) is 3. The average molecular weight is 318 g/mol. The quantitative estimate of drug-likeness (QED) is 0.860. The van der Waals surface area contributed by atoms with Crippen molar-refractivity contribution in [3.05, 3.63) is 35.9 Å². The topological polar surface area (TPSA) is 86.7 Å². The molecule has 0 aromatic heterocycles. The fraction of sp³-hybridized carbons (Fsp3) is 0.471. The molecule has 1 aromatic rings. The van der Waals surface area contributed by atoms with Crippen molar-refractivity contribution in [2.75, 3.05) is 13.1 Å². The summed E-state index contributed by atoms with van der Waals surface area (Å²) in [6.07, 6.45) is 0.128. The highest BCUT2D eigenvalue weighted by Crippen LogP contribution is 2.26. The number of carboxylic acid groups (broad SMARTS) is 1. The lowest BCUT2D eigenvalue weighted by Crippen LogP contribution is -2.35. The Hall–Kier alpha value is -2.37. The molecular weight excluding hydrogens is 296 g/mol. The summed E-state index contributed by atoms with van der Waals surface area (Å²) in [5.74, 6) is -1.79. The number of aliphatic carboxylic acids is 1. The molecule has 0 aliphatic carbocycles. The van der Waals surface area contributed by atoms with Crippen molar-refractivity contribution >= 4 is 17.8 Å². The molecule has 124 valence electrons. The molecule has 1 aromatic carbocycles. The zero-order valence-electron chi connectivity index (χ0n) is 13.4. The van der Waals surface area contributed by atoms with E-state index in [1.54, 1.807) is 4.90 Å². The van der Waals surface area contributed by atoms with Crippen molar-refractivity contribution in [1.82, 2.24) is 10.2 Å². The average Bonchev–Trinajstić information content (AvgIpc) is 2.89. The number of benzene rings is 1. The zero-order valence-corrected chi connectivity index (χ0v) is 13.4. The fourth-order valence-corrected chi connectivity index (χ4v) is 2.98. The van der Waals surface area contributed by atoms with E-state index >= 15 is 0 Å². The first-order valence-electron chi connectivity index (χ1n) is 7.71. The summed E-state index contributed by atoms with van der Waals surface area (Å²) in [6.45, 7) is 3.93. The van der Waals surface area contributed by atoms with Crippen molar-refractivity contribution in [2.45, 2.75) is 26.3 Å². The van der Waals surface area contributed by atoms with Gasteiger partial charge in [-0.1, -0.05) is 37.3 Å². The van der Waals surface area contributed by atoms with Gasteiger partial charge in [0.2, 0.25) is 11.8 Å². The molecule has 0 saturated carbocycles. The molecule has 23 heavy (non-hydrogen) atoms. The van der Waals surface area contributed by atoms with Gasteiger partial charge in [0, 0.05) is 20.0 Å². The Morgan fingerprint density at radius 1 is 1.26 bits per heavy atom. The van der Waals surface area contributed by atoms with Crippen LogP contribution in [0.2, 0.25) is 0 Å². The molecule has 2 N–H and O–H groups in total. The van der Waals surface area contributed by atoms with Crippen LogP contribution in [0.1, 0.15) is 31.9 Å². The highest BCUT2D eigenvalue weighted by atomic mass is 16.4. The van der Waals surface area contributed by atoms with Gasteiger partial charge in [0.05, 0.1) is 18.4 Å². The van der Waals surface area contributed by atoms with E-state index in [1.807, 2.05) is 37.3 Å². The van der Waals surface area contributed by atoms with E-state index in [-0.39, 0.29) is 30.7 Å². The first kappa shape index (κ1) is 17.0. The van der Waals surface area contributed by atoms with Crippen molar-refractivity contribution in [3.63, 3.8) is 0 Å². The maximum atomic E-state index is 12.5. The van der Waals surface area contributed by atoms with Gasteiger partial charge in [0.15, 0.2) is 0 Å². The highest BCUT2D eigenvalue weighted by molar-refractivity contribution is 5.81. The van der Waals surface area contributed by atoms with E-state index in [1.165, 1.54) is 6.92 Å². The molecular formula is C17H22N2O4. The lowest BCUT2D eigenvalue weighted by molar-refractivity contribution is -0.142. The molecule has 0 radical (unpaired) electrons. The standard InChI is InChI=1S/C17H22N2O4/c1-11-9-19(10-14(11)17(22)23)16(21)8-15(18-12(2)20)13-6-4-3-5-7-13/h3-7,11,14-15H,8-10H2,1-2H3,(H,18,20)(H,22,23)/t11-,14-,15?/m1/s1. The van der Waals surface area contributed by atoms with Crippen molar-refractivity contribution in [2.24, 2.45) is 11.8 Å². The number of carbonyl (C=O) groups is 3. The van der Waals surface area contributed by atoms with Gasteiger partial charge in [-0.2, -0.15) is 0 Å². The van der Waals surface area contributed by atoms with E-state index < -0.39 is 17.9 Å². The third-order valence-corrected chi connectivity index (χ3v) is 4.24. The van der Waals surface area contributed by atoms with Gasteiger partial charge in [0.1, 0.15) is 0 Å². The highest BCUT2D eigenvalue weighted by Gasteiger charge is 2.37. The third kappa shape index (κ3) is 4.31. The van der Waals surface area contributed by atoms with Crippen LogP contribution in [0.3, 0.4) is 0 Å². The maximum Gasteiger partial charge on any atom is 0.308 e. The Balaban J connectivity index is 2.06. The number of carboxylic acids is 1. The normalized spacial score (nSPS) is 21.7. The zero-order chi connectivity index (χ0) is 17.0. The smallest absolute Gasteiger partial charge is 0.308 e. The largest absolute Gasteiger partial charge is 0.481 e. The minimum Gasteiger partial charge on any atom is -0.481 e. The molecule has 1 aliphatic rings. The molecule has 6 heteroatoms. The van der Waals surface area contributed by atoms with E-state index in [0.29, 0.717) is 6.54 Å². The summed E-state index contributed by atoms with van der Waals surface area (Å²) >= 11 is 0. The van der Waals surface area contributed by atoms with Crippen molar-refractivity contribution in [3.8, 4) is 0 Å². The number of hydrogen-bond donors (Lipinski definition) is 2. The van der Waals surface area contributed by atoms with Crippen LogP contribution < -0.4 is 5.32 Å². The Labute approximate surface area is 135 Å². The van der Waals surface area contributed by atoms with Crippen molar-refractivity contribution < 1.29 is 19.5 Å². The SMILES string of the molecule is CC(=O)NC(CC(=O)N1C[C@@H](C)[C@H](C(=O)O)C1)c1ccccc1. The molecule has 2 amide bonds. The second-order valence-corrected chi connectivity index (χ2v) is 6.09. The van der Waals surface area contributed by atoms with Crippen molar-refractivity contribution in [1.29, 1.82) is 0 Å². The number of nitrogens with one attached hydrogen (secondary N) is 1. The van der Waals surface area contributed by atoms with Gasteiger partial charge in [-0.05, 0) is 11.5 Å². The number of amides is 2. The van der Waals surface area contributed by atoms with Gasteiger partial charge < -0.3 is 15.3 Å². The Kier molecular flexibility index (Phi) is 5.36. The van der Waals surface area contributed by atoms with Gasteiger partial charge >= 0.3 is 5.97 Å². The number of rotatable bonds is 5. The summed E-state index contributed by atoms with van der Waals surface area (Å²) in [4.78, 5) is 36.7. The first-order valence-corrected chi connectivity index (χ1v) is 7.71. The van der Waals surface area contributed by atoms with Gasteiger partial charge in [-0.3, -0.25) is 14.4 Å². The predicted molar refractivity (Wildman–Crippen MR) is 84.5 cm³/mol. The molecule has 1 aliphatic heterocycles. The summed E-state index contributed by atoms with van der Waals surface area (Å²) < 4.78 is 0. The summed E-state index contributed by atoms with van der Waals surface area (Å²) in [5.41, 5.74) is 0.859. The van der Waals surface area contributed by atoms with Gasteiger partial charge in [-0.25, -0.2) is 0 Å². The lowest BCUT2D eigenvalue weighted by Gasteiger charge is -2.22. The summed E-state index contributed by atoms with van der Waals surface area (Å²) in [7, 11) is 0. The maximum absolute atomic E-state index is 12.5. The van der Waals surface area contributed by atoms with E-state index in [9.17, 15) is 14.4 Å². The van der Waals surface area contributed by atoms with Crippen LogP contribution in [-0.4, -0.2) is 40.9 Å². The number of nitrogens with zero attached hydrogens (tertiary/aromatic N) is 1. The Morgan fingerprint density at radius 3 is 2.43 bits per heavy atom. The fourth-order valence-electron chi connectivity index (χ4n) is 2.98. The third-order valence-electron chi connectivity index (χ3n) is 4.24. The van der Waals surface area contributed by atoms with Gasteiger partial charge in [-0.15, -0.1) is 0 Å². The summed E-state index contributed by atoms with van der Waals surface area (Å²) in [5, 5.41) is 12.0. The van der Waals surface area contributed by atoms with Crippen LogP contribution in [0.15, 0.2) is 30.3 Å². The van der Waals surface area contributed by atoms with Gasteiger partial charge in [0.25, 0.3) is 0 Å². The van der Waals surface area contributed by atoms with E-state index in [4.69, 9.17) is 5.11 Å². The monoisotopic (exact) mass is 318 g/mol. The Morgan fingerprint density at radius 2 is 1.91 bits per heavy atom. The van der Waals surface area contributed by atoms with Crippen LogP contribution >= 0.6 is 0 Å². The molecule has 0 bridgehead atoms. The minimum atomic E-state index is -0.866. The number of likely N-dealkylation sites (tertiary alicyclic amines) is 1. The molecule has 1 heterocycles. The molecule has 2 rings (SSSR count). The Bertz CT molecular complexity index is 588. The van der Waals surface area contributed by atoms with E-state index in [0.717, 1.165) is 5.56 Å². The van der Waals surface area contributed by atoms with Crippen LogP contribution in [0.5, 0.6) is 0 Å². The molecule has 1 unspecified atom stereocenters. The second-order valence-electron chi connectivity index (χ2n) is 6.09. The summed E-state index contributed by atoms with van der Waals surface area (Å²) in [6, 6.07) is 8.90. The number of carbonyl (C=O) groups excluding carboxylic acids is 2. The van der Waals surface area contributed by atoms with Crippen LogP contribution in [0.25, 0.3) is 0 Å². The van der Waals surface area contributed by atoms with E-state index in [2.05, 4.69) is 5.32 Å².